The molecular weight excluding hydrogens is 352 g/mol. The van der Waals surface area contributed by atoms with Crippen molar-refractivity contribution in [1.29, 1.82) is 0 Å². The fraction of sp³-hybridized carbons (Fsp3) is 1.00. The Morgan fingerprint density at radius 1 is 0.345 bits per heavy atom. The number of aliphatic hydroxyl groups is 1. The Balaban J connectivity index is 3.12. The Morgan fingerprint density at radius 2 is 0.552 bits per heavy atom. The van der Waals surface area contributed by atoms with Gasteiger partial charge in [-0.2, -0.15) is 0 Å². The van der Waals surface area contributed by atoms with Crippen molar-refractivity contribution >= 4 is 0 Å². The summed E-state index contributed by atoms with van der Waals surface area (Å²) in [5.74, 6) is 0. The van der Waals surface area contributed by atoms with Gasteiger partial charge >= 0.3 is 0 Å². The van der Waals surface area contributed by atoms with Crippen LogP contribution in [0.3, 0.4) is 0 Å². The molecule has 1 atom stereocenters. The number of unbranched alkanes of at least 4 members (excludes halogenated alkanes) is 21. The van der Waals surface area contributed by atoms with Gasteiger partial charge in [0.15, 0.2) is 0 Å². The number of hydrogen-bond acceptors (Lipinski definition) is 1. The summed E-state index contributed by atoms with van der Waals surface area (Å²) in [5.41, 5.74) is 0. The average molecular weight is 411 g/mol. The Labute approximate surface area is 185 Å². The molecular formula is C28H58O. The maximum atomic E-state index is 10.2. The summed E-state index contributed by atoms with van der Waals surface area (Å²) >= 11 is 0. The predicted molar refractivity (Wildman–Crippen MR) is 133 cm³/mol. The first-order valence-electron chi connectivity index (χ1n) is 14.0. The minimum Gasteiger partial charge on any atom is -0.393 e. The lowest BCUT2D eigenvalue weighted by molar-refractivity contribution is 0.147. The highest BCUT2D eigenvalue weighted by molar-refractivity contribution is 4.58. The van der Waals surface area contributed by atoms with Crippen molar-refractivity contribution in [3.63, 3.8) is 0 Å². The minimum atomic E-state index is -0.0308. The topological polar surface area (TPSA) is 20.2 Å². The zero-order valence-electron chi connectivity index (χ0n) is 20.7. The molecule has 0 amide bonds. The van der Waals surface area contributed by atoms with E-state index in [1.54, 1.807) is 0 Å². The zero-order valence-corrected chi connectivity index (χ0v) is 20.7. The first-order valence-corrected chi connectivity index (χ1v) is 14.0. The third-order valence-corrected chi connectivity index (χ3v) is 6.53. The van der Waals surface area contributed by atoms with Crippen LogP contribution < -0.4 is 0 Å². The first kappa shape index (κ1) is 29.0. The fourth-order valence-corrected chi connectivity index (χ4v) is 4.41. The summed E-state index contributed by atoms with van der Waals surface area (Å²) in [6.45, 7) is 4.58. The van der Waals surface area contributed by atoms with Crippen molar-refractivity contribution in [2.75, 3.05) is 0 Å². The third-order valence-electron chi connectivity index (χ3n) is 6.53. The lowest BCUT2D eigenvalue weighted by atomic mass is 10.0. The molecule has 176 valence electrons. The highest BCUT2D eigenvalue weighted by Crippen LogP contribution is 2.16. The molecule has 0 aliphatic rings. The second kappa shape index (κ2) is 26.0. The highest BCUT2D eigenvalue weighted by Gasteiger charge is 2.03. The van der Waals surface area contributed by atoms with Crippen LogP contribution in [0, 0.1) is 0 Å². The summed E-state index contributed by atoms with van der Waals surface area (Å²) in [6, 6.07) is 0. The van der Waals surface area contributed by atoms with Crippen LogP contribution in [-0.2, 0) is 0 Å². The van der Waals surface area contributed by atoms with E-state index in [9.17, 15) is 5.11 Å². The van der Waals surface area contributed by atoms with Gasteiger partial charge in [-0.15, -0.1) is 0 Å². The van der Waals surface area contributed by atoms with Crippen molar-refractivity contribution < 1.29 is 5.11 Å². The molecule has 0 aliphatic heterocycles. The molecule has 0 aromatic rings. The van der Waals surface area contributed by atoms with E-state index >= 15 is 0 Å². The third kappa shape index (κ3) is 25.9. The van der Waals surface area contributed by atoms with Crippen molar-refractivity contribution in [3.05, 3.63) is 0 Å². The van der Waals surface area contributed by atoms with Crippen LogP contribution in [0.15, 0.2) is 0 Å². The SMILES string of the molecule is CCCCCCCCCCCCCC[C@H](O)CCCCCCCCCCCCC. The quantitative estimate of drug-likeness (QED) is 0.148. The smallest absolute Gasteiger partial charge is 0.0540 e. The van der Waals surface area contributed by atoms with Crippen molar-refractivity contribution in [1.82, 2.24) is 0 Å². The molecule has 0 aliphatic carbocycles. The Hall–Kier alpha value is -0.0400. The maximum Gasteiger partial charge on any atom is 0.0540 e. The summed E-state index contributed by atoms with van der Waals surface area (Å²) in [6.07, 6.45) is 34.1. The van der Waals surface area contributed by atoms with Crippen LogP contribution in [0.25, 0.3) is 0 Å². The number of aliphatic hydroxyl groups excluding tert-OH is 1. The van der Waals surface area contributed by atoms with Crippen molar-refractivity contribution in [2.45, 2.75) is 180 Å². The summed E-state index contributed by atoms with van der Waals surface area (Å²) in [4.78, 5) is 0. The van der Waals surface area contributed by atoms with Crippen molar-refractivity contribution in [2.24, 2.45) is 0 Å². The van der Waals surface area contributed by atoms with Gasteiger partial charge in [0, 0.05) is 0 Å². The molecule has 0 bridgehead atoms. The molecule has 0 heterocycles. The van der Waals surface area contributed by atoms with Gasteiger partial charge in [-0.05, 0) is 12.8 Å². The summed E-state index contributed by atoms with van der Waals surface area (Å²) in [5, 5.41) is 10.2. The fourth-order valence-electron chi connectivity index (χ4n) is 4.41. The van der Waals surface area contributed by atoms with Gasteiger partial charge in [-0.3, -0.25) is 0 Å². The van der Waals surface area contributed by atoms with E-state index in [2.05, 4.69) is 13.8 Å². The lowest BCUT2D eigenvalue weighted by Crippen LogP contribution is -2.05. The van der Waals surface area contributed by atoms with E-state index in [0.29, 0.717) is 0 Å². The summed E-state index contributed by atoms with van der Waals surface area (Å²) in [7, 11) is 0. The maximum absolute atomic E-state index is 10.2. The van der Waals surface area contributed by atoms with E-state index in [1.807, 2.05) is 0 Å². The van der Waals surface area contributed by atoms with Gasteiger partial charge < -0.3 is 5.11 Å². The van der Waals surface area contributed by atoms with Gasteiger partial charge in [0.2, 0.25) is 0 Å². The molecule has 0 fully saturated rings. The summed E-state index contributed by atoms with van der Waals surface area (Å²) < 4.78 is 0. The minimum absolute atomic E-state index is 0.0308. The van der Waals surface area contributed by atoms with Crippen LogP contribution in [0.2, 0.25) is 0 Å². The van der Waals surface area contributed by atoms with Gasteiger partial charge in [0.05, 0.1) is 6.10 Å². The van der Waals surface area contributed by atoms with Crippen LogP contribution in [0.5, 0.6) is 0 Å². The Kier molecular flexibility index (Phi) is 26.0. The van der Waals surface area contributed by atoms with Crippen LogP contribution in [0.4, 0.5) is 0 Å². The molecule has 0 rings (SSSR count). The molecule has 29 heavy (non-hydrogen) atoms. The standard InChI is InChI=1S/C28H58O/c1-3-5-7-9-11-13-15-17-19-21-23-25-27-28(29)26-24-22-20-18-16-14-12-10-8-6-4-2/h28-29H,3-27H2,1-2H3/t28-/m1/s1. The monoisotopic (exact) mass is 410 g/mol. The van der Waals surface area contributed by atoms with Gasteiger partial charge in [-0.25, -0.2) is 0 Å². The second-order valence-electron chi connectivity index (χ2n) is 9.66. The van der Waals surface area contributed by atoms with E-state index in [4.69, 9.17) is 0 Å². The molecule has 1 N–H and O–H groups in total. The number of hydrogen-bond donors (Lipinski definition) is 1. The molecule has 0 spiro atoms. The van der Waals surface area contributed by atoms with Crippen LogP contribution >= 0.6 is 0 Å². The Bertz CT molecular complexity index is 275. The zero-order chi connectivity index (χ0) is 21.3. The number of rotatable bonds is 25. The molecule has 0 unspecified atom stereocenters. The van der Waals surface area contributed by atoms with Crippen molar-refractivity contribution in [3.8, 4) is 0 Å². The largest absolute Gasteiger partial charge is 0.393 e. The first-order chi connectivity index (χ1) is 14.3. The van der Waals surface area contributed by atoms with E-state index in [1.165, 1.54) is 148 Å². The molecule has 1 heteroatoms. The lowest BCUT2D eigenvalue weighted by Gasteiger charge is -2.10. The highest BCUT2D eigenvalue weighted by atomic mass is 16.3. The Morgan fingerprint density at radius 3 is 0.793 bits per heavy atom. The van der Waals surface area contributed by atoms with E-state index in [-0.39, 0.29) is 6.10 Å². The molecule has 0 saturated heterocycles. The molecule has 0 radical (unpaired) electrons. The van der Waals surface area contributed by atoms with Crippen LogP contribution in [0.1, 0.15) is 174 Å². The van der Waals surface area contributed by atoms with Gasteiger partial charge in [0.25, 0.3) is 0 Å². The molecule has 0 saturated carbocycles. The average Bonchev–Trinajstić information content (AvgIpc) is 2.72. The van der Waals surface area contributed by atoms with E-state index in [0.717, 1.165) is 12.8 Å². The van der Waals surface area contributed by atoms with Gasteiger partial charge in [-0.1, -0.05) is 162 Å². The van der Waals surface area contributed by atoms with E-state index < -0.39 is 0 Å². The predicted octanol–water partition coefficient (Wildman–Crippen LogP) is 10.1. The second-order valence-corrected chi connectivity index (χ2v) is 9.66. The van der Waals surface area contributed by atoms with Gasteiger partial charge in [0.1, 0.15) is 0 Å². The normalized spacial score (nSPS) is 12.5. The van der Waals surface area contributed by atoms with Crippen LogP contribution in [-0.4, -0.2) is 11.2 Å². The molecule has 1 nitrogen and oxygen atoms in total. The molecule has 0 aromatic heterocycles. The molecule has 0 aromatic carbocycles.